The first kappa shape index (κ1) is 100. The zero-order valence-corrected chi connectivity index (χ0v) is 70.8. The number of aldehydes is 1. The van der Waals surface area contributed by atoms with Gasteiger partial charge in [-0.3, -0.25) is 19.2 Å². The van der Waals surface area contributed by atoms with E-state index in [1.807, 2.05) is 0 Å². The molecule has 676 valence electrons. The highest BCUT2D eigenvalue weighted by Crippen LogP contribution is 2.47. The highest BCUT2D eigenvalue weighted by Gasteiger charge is 2.44. The van der Waals surface area contributed by atoms with Crippen molar-refractivity contribution in [2.75, 3.05) is 118 Å². The lowest BCUT2D eigenvalue weighted by molar-refractivity contribution is -0.139. The molecule has 9 rings (SSSR count). The zero-order chi connectivity index (χ0) is 91.0. The van der Waals surface area contributed by atoms with Gasteiger partial charge in [0.1, 0.15) is 23.5 Å². The fourth-order valence-electron chi connectivity index (χ4n) is 14.9. The smallest absolute Gasteiger partial charge is 0.420 e. The number of benzene rings is 6. The van der Waals surface area contributed by atoms with Crippen LogP contribution in [0.4, 0.5) is 69.7 Å². The first-order chi connectivity index (χ1) is 58.3. The van der Waals surface area contributed by atoms with E-state index in [1.165, 1.54) is 69.5 Å². The molecule has 23 nitrogen and oxygen atoms in total. The normalized spacial score (nSPS) is 17.4. The zero-order valence-electron chi connectivity index (χ0n) is 70.0. The Kier molecular flexibility index (Phi) is 37.9. The monoisotopic (exact) mass is 1770 g/mol. The highest BCUT2D eigenvalue weighted by molar-refractivity contribution is 6.17. The third-order valence-electron chi connectivity index (χ3n) is 21.3. The van der Waals surface area contributed by atoms with Crippen molar-refractivity contribution in [3.8, 4) is 34.5 Å². The molecule has 0 bridgehead atoms. The maximum Gasteiger partial charge on any atom is 0.420 e. The van der Waals surface area contributed by atoms with E-state index in [9.17, 15) is 78.2 Å². The molecule has 3 aliphatic rings. The van der Waals surface area contributed by atoms with Gasteiger partial charge in [-0.15, -0.1) is 11.6 Å². The van der Waals surface area contributed by atoms with Crippen molar-refractivity contribution in [2.45, 2.75) is 147 Å². The minimum atomic E-state index is -4.93. The second-order valence-electron chi connectivity index (χ2n) is 30.2. The predicted octanol–water partition coefficient (Wildman–Crippen LogP) is 18.8. The van der Waals surface area contributed by atoms with Crippen LogP contribution in [0.1, 0.15) is 167 Å². The molecule has 0 saturated heterocycles. The van der Waals surface area contributed by atoms with Crippen molar-refractivity contribution in [3.05, 3.63) is 159 Å². The molecule has 6 aromatic carbocycles. The van der Waals surface area contributed by atoms with Gasteiger partial charge in [-0.25, -0.2) is 27.6 Å². The van der Waals surface area contributed by atoms with Gasteiger partial charge in [0.05, 0.1) is 136 Å². The van der Waals surface area contributed by atoms with E-state index in [0.717, 1.165) is 127 Å². The minimum absolute atomic E-state index is 0.00463. The fraction of sp³-hybridized carbons (Fsp3) is 0.506. The second-order valence-corrected chi connectivity index (χ2v) is 30.5. The van der Waals surface area contributed by atoms with Crippen molar-refractivity contribution in [1.29, 1.82) is 0 Å². The van der Waals surface area contributed by atoms with E-state index < -0.39 is 142 Å². The van der Waals surface area contributed by atoms with Crippen LogP contribution in [0, 0.1) is 53.0 Å². The van der Waals surface area contributed by atoms with Crippen LogP contribution in [0.25, 0.3) is 0 Å². The number of carbonyl (C=O) groups is 7. The molecule has 3 aliphatic carbocycles. The van der Waals surface area contributed by atoms with Crippen LogP contribution < -0.4 is 28.9 Å². The molecule has 0 atom stereocenters. The van der Waals surface area contributed by atoms with Gasteiger partial charge in [0.15, 0.2) is 34.7 Å². The van der Waals surface area contributed by atoms with Gasteiger partial charge in [-0.2, -0.15) is 39.5 Å². The lowest BCUT2D eigenvalue weighted by Gasteiger charge is -2.36. The van der Waals surface area contributed by atoms with Gasteiger partial charge < -0.3 is 76.6 Å². The molecule has 36 heteroatoms. The Labute approximate surface area is 709 Å². The number of aliphatic hydroxyl groups is 1. The summed E-state index contributed by atoms with van der Waals surface area (Å²) in [5, 5.41) is 9.26. The molecule has 3 fully saturated rings. The summed E-state index contributed by atoms with van der Waals surface area (Å²) in [6, 6.07) is 11.6. The number of hydrogen-bond donors (Lipinski definition) is 1. The number of halogens is 13. The molecule has 0 radical (unpaired) electrons. The van der Waals surface area contributed by atoms with Crippen molar-refractivity contribution in [1.82, 2.24) is 0 Å². The van der Waals surface area contributed by atoms with Gasteiger partial charge in [0.25, 0.3) is 0 Å². The molecule has 6 aromatic rings. The number of methoxy groups -OCH3 is 9. The highest BCUT2D eigenvalue weighted by atomic mass is 35.5. The predicted molar refractivity (Wildman–Crippen MR) is 427 cm³/mol. The molecule has 0 unspecified atom stereocenters. The Hall–Kier alpha value is -9.62. The number of carbonyl (C=O) groups excluding carboxylic acids is 7. The lowest BCUT2D eigenvalue weighted by atomic mass is 9.82. The van der Waals surface area contributed by atoms with Gasteiger partial charge in [0.2, 0.25) is 17.7 Å². The van der Waals surface area contributed by atoms with Crippen LogP contribution in [0.5, 0.6) is 34.5 Å². The number of amides is 3. The summed E-state index contributed by atoms with van der Waals surface area (Å²) in [6.45, 7) is 5.63. The molecule has 3 saturated carbocycles. The van der Waals surface area contributed by atoms with E-state index >= 15 is 13.2 Å². The summed E-state index contributed by atoms with van der Waals surface area (Å²) in [7, 11) is 11.8. The molecule has 1 N–H and O–H groups in total. The average Bonchev–Trinajstić information content (AvgIpc) is 0.777. The first-order valence-corrected chi connectivity index (χ1v) is 39.8. The maximum absolute atomic E-state index is 15.6. The summed E-state index contributed by atoms with van der Waals surface area (Å²) in [6.07, 6.45) is -5.83. The van der Waals surface area contributed by atoms with Gasteiger partial charge in [-0.05, 0) is 148 Å². The Morgan fingerprint density at radius 1 is 0.390 bits per heavy atom. The summed E-state index contributed by atoms with van der Waals surface area (Å²) in [5.74, 6) is -11.6. The van der Waals surface area contributed by atoms with Crippen LogP contribution in [-0.4, -0.2) is 169 Å². The van der Waals surface area contributed by atoms with Crippen molar-refractivity contribution in [2.24, 2.45) is 35.5 Å². The van der Waals surface area contributed by atoms with Crippen molar-refractivity contribution < 1.29 is 148 Å². The topological polar surface area (TPSA) is 260 Å². The third kappa shape index (κ3) is 26.5. The molecular formula is C87H102ClF12N3O20. The molecule has 0 heterocycles. The third-order valence-corrected chi connectivity index (χ3v) is 21.7. The van der Waals surface area contributed by atoms with E-state index in [-0.39, 0.29) is 126 Å². The van der Waals surface area contributed by atoms with Crippen LogP contribution >= 0.6 is 11.6 Å². The summed E-state index contributed by atoms with van der Waals surface area (Å²) < 4.78 is 233. The van der Waals surface area contributed by atoms with E-state index in [1.54, 1.807) is 0 Å². The molecule has 0 aromatic heterocycles. The number of hydrogen-bond acceptors (Lipinski definition) is 20. The first-order valence-electron chi connectivity index (χ1n) is 39.3. The summed E-state index contributed by atoms with van der Waals surface area (Å²) in [5.41, 5.74) is -5.11. The molecular weight excluding hydrogens is 1670 g/mol. The molecule has 0 aliphatic heterocycles. The quantitative estimate of drug-likeness (QED) is 0.0132. The Bertz CT molecular complexity index is 4360. The number of esters is 3. The second kappa shape index (κ2) is 46.4. The maximum atomic E-state index is 15.6. The number of rotatable bonds is 33. The Morgan fingerprint density at radius 2 is 0.650 bits per heavy atom. The lowest BCUT2D eigenvalue weighted by Crippen LogP contribution is -2.49. The number of nitrogens with zero attached hydrogens (tertiary/aromatic N) is 3. The standard InChI is InChI=1S/C29H34ClF4NO6.C29H35F4NO7.C29H33F4NO7/c1-17-5-8-19(9-6-17)27(36)35(20(15-38-2)16-39-3)24-13-23(31)26(12-21(24)28(37)40-4)41-25-10-7-18(14-30)11-22(25)29(32,33)34;2*1-17-5-8-19(9-6-17)27(36)34(20(15-38-2)16-39-3)24-13-23(30)26(12-21(24)28(37)40-4)41-25-10-7-18(14-35)11-22(25)29(31,32)33/h7,10-13,17,19-20H,5-6,8-9,14-16H2,1-4H3;7,10-13,17,19-20,35H,5-6,8-9,14-16H2,1-4H3;7,10-14,17,19-20H,5-6,8-9,15-16H2,1-4H3. The van der Waals surface area contributed by atoms with Crippen LogP contribution in [0.15, 0.2) is 91.0 Å². The largest absolute Gasteiger partial charge is 0.465 e. The Balaban J connectivity index is 0.000000254. The average molecular weight is 1770 g/mol. The van der Waals surface area contributed by atoms with Gasteiger partial charge in [-0.1, -0.05) is 32.9 Å². The van der Waals surface area contributed by atoms with Crippen LogP contribution in [0.2, 0.25) is 0 Å². The SMILES string of the molecule is COCC(COC)N(C(=O)C1CCC(C)CC1)c1cc(F)c(Oc2ccc(C=O)cc2C(F)(F)F)cc1C(=O)OC.COCC(COC)N(C(=O)C1CCC(C)CC1)c1cc(F)c(Oc2ccc(CCl)cc2C(F)(F)F)cc1C(=O)OC.COCC(COC)N(C(=O)C1CCC(C)CC1)c1cc(F)c(Oc2ccc(CO)cc2C(F)(F)F)cc1C(=O)OC. The number of anilines is 3. The number of aliphatic hydroxyl groups excluding tert-OH is 1. The fourth-order valence-corrected chi connectivity index (χ4v) is 15.0. The Morgan fingerprint density at radius 3 is 0.894 bits per heavy atom. The van der Waals surface area contributed by atoms with E-state index in [2.05, 4.69) is 20.8 Å². The van der Waals surface area contributed by atoms with E-state index in [0.29, 0.717) is 68.4 Å². The van der Waals surface area contributed by atoms with Gasteiger partial charge in [0, 0.05) is 108 Å². The number of ether oxygens (including phenoxy) is 12. The molecule has 123 heavy (non-hydrogen) atoms. The van der Waals surface area contributed by atoms with Crippen molar-refractivity contribution >= 4 is 70.6 Å². The summed E-state index contributed by atoms with van der Waals surface area (Å²) >= 11 is 5.69. The minimum Gasteiger partial charge on any atom is -0.465 e. The number of alkyl halides is 10. The summed E-state index contributed by atoms with van der Waals surface area (Å²) in [4.78, 5) is 95.4. The van der Waals surface area contributed by atoms with Crippen LogP contribution in [0.3, 0.4) is 0 Å². The van der Waals surface area contributed by atoms with Gasteiger partial charge >= 0.3 is 36.4 Å². The van der Waals surface area contributed by atoms with Crippen molar-refractivity contribution in [3.63, 3.8) is 0 Å². The van der Waals surface area contributed by atoms with Crippen LogP contribution in [-0.2, 0) is 88.0 Å². The molecule has 0 spiro atoms. The van der Waals surface area contributed by atoms with E-state index in [4.69, 9.17) is 68.4 Å². The molecule has 3 amide bonds.